The van der Waals surface area contributed by atoms with E-state index in [1.807, 2.05) is 0 Å². The Morgan fingerprint density at radius 1 is 1.35 bits per heavy atom. The molecule has 0 aromatic heterocycles. The van der Waals surface area contributed by atoms with E-state index in [1.165, 1.54) is 13.0 Å². The number of benzene rings is 1. The Morgan fingerprint density at radius 3 is 2.80 bits per heavy atom. The van der Waals surface area contributed by atoms with Gasteiger partial charge in [-0.3, -0.25) is 9.59 Å². The molecule has 1 aliphatic heterocycles. The van der Waals surface area contributed by atoms with E-state index >= 15 is 0 Å². The van der Waals surface area contributed by atoms with Crippen LogP contribution in [0.15, 0.2) is 18.2 Å². The van der Waals surface area contributed by atoms with Gasteiger partial charge in [0.25, 0.3) is 5.91 Å². The van der Waals surface area contributed by atoms with Crippen molar-refractivity contribution in [1.82, 2.24) is 4.90 Å². The van der Waals surface area contributed by atoms with Crippen molar-refractivity contribution in [3.8, 4) is 0 Å². The zero-order chi connectivity index (χ0) is 14.7. The highest BCUT2D eigenvalue weighted by Gasteiger charge is 2.29. The molecule has 1 amide bonds. The van der Waals surface area contributed by atoms with E-state index in [1.54, 1.807) is 24.0 Å². The SMILES string of the molecule is CC(=O)CC1CCCCN1C(=O)c1cccc(C)c1F. The lowest BCUT2D eigenvalue weighted by Gasteiger charge is -2.35. The summed E-state index contributed by atoms with van der Waals surface area (Å²) in [5, 5.41) is 0. The van der Waals surface area contributed by atoms with Gasteiger partial charge in [-0.2, -0.15) is 0 Å². The Balaban J connectivity index is 2.25. The molecule has 0 aliphatic carbocycles. The molecule has 0 spiro atoms. The summed E-state index contributed by atoms with van der Waals surface area (Å²) in [7, 11) is 0. The van der Waals surface area contributed by atoms with Gasteiger partial charge in [0.1, 0.15) is 11.6 Å². The van der Waals surface area contributed by atoms with Crippen LogP contribution in [-0.4, -0.2) is 29.2 Å². The number of Topliss-reactive ketones (excluding diaryl/α,β-unsaturated/α-hetero) is 1. The van der Waals surface area contributed by atoms with Crippen LogP contribution in [0.25, 0.3) is 0 Å². The first-order valence-corrected chi connectivity index (χ1v) is 7.06. The van der Waals surface area contributed by atoms with Crippen molar-refractivity contribution in [2.75, 3.05) is 6.54 Å². The number of aryl methyl sites for hydroxylation is 1. The number of likely N-dealkylation sites (tertiary alicyclic amines) is 1. The number of nitrogens with zero attached hydrogens (tertiary/aromatic N) is 1. The highest BCUT2D eigenvalue weighted by molar-refractivity contribution is 5.95. The number of halogens is 1. The Hall–Kier alpha value is -1.71. The summed E-state index contributed by atoms with van der Waals surface area (Å²) in [6.07, 6.45) is 3.10. The Morgan fingerprint density at radius 2 is 2.10 bits per heavy atom. The molecule has 1 aromatic rings. The van der Waals surface area contributed by atoms with E-state index < -0.39 is 5.82 Å². The molecule has 1 atom stereocenters. The molecule has 4 heteroatoms. The van der Waals surface area contributed by atoms with Gasteiger partial charge in [-0.15, -0.1) is 0 Å². The summed E-state index contributed by atoms with van der Waals surface area (Å²) < 4.78 is 14.1. The largest absolute Gasteiger partial charge is 0.335 e. The standard InChI is InChI=1S/C16H20FNO2/c1-11-6-5-8-14(15(11)17)16(20)18-9-4-3-7-13(18)10-12(2)19/h5-6,8,13H,3-4,7,9-10H2,1-2H3. The number of hydrogen-bond acceptors (Lipinski definition) is 2. The number of amides is 1. The van der Waals surface area contributed by atoms with Crippen LogP contribution in [0.2, 0.25) is 0 Å². The minimum Gasteiger partial charge on any atom is -0.335 e. The highest BCUT2D eigenvalue weighted by Crippen LogP contribution is 2.23. The van der Waals surface area contributed by atoms with E-state index in [-0.39, 0.29) is 23.3 Å². The number of piperidine rings is 1. The first-order valence-electron chi connectivity index (χ1n) is 7.06. The molecule has 1 fully saturated rings. The molecule has 1 aromatic carbocycles. The van der Waals surface area contributed by atoms with E-state index in [4.69, 9.17) is 0 Å². The lowest BCUT2D eigenvalue weighted by molar-refractivity contribution is -0.118. The lowest BCUT2D eigenvalue weighted by atomic mass is 9.96. The fourth-order valence-electron chi connectivity index (χ4n) is 2.78. The average Bonchev–Trinajstić information content (AvgIpc) is 2.41. The van der Waals surface area contributed by atoms with Crippen molar-refractivity contribution in [3.63, 3.8) is 0 Å². The van der Waals surface area contributed by atoms with Gasteiger partial charge in [0.2, 0.25) is 0 Å². The second-order valence-electron chi connectivity index (χ2n) is 5.49. The molecule has 0 bridgehead atoms. The summed E-state index contributed by atoms with van der Waals surface area (Å²) in [6, 6.07) is 4.77. The van der Waals surface area contributed by atoms with Crippen molar-refractivity contribution in [2.45, 2.75) is 45.6 Å². The third-order valence-electron chi connectivity index (χ3n) is 3.83. The minimum absolute atomic E-state index is 0.0689. The Bertz CT molecular complexity index is 527. The molecule has 1 heterocycles. The van der Waals surface area contributed by atoms with E-state index in [2.05, 4.69) is 0 Å². The zero-order valence-electron chi connectivity index (χ0n) is 12.0. The van der Waals surface area contributed by atoms with Crippen molar-refractivity contribution >= 4 is 11.7 Å². The summed E-state index contributed by atoms with van der Waals surface area (Å²) in [5.41, 5.74) is 0.580. The molecule has 108 valence electrons. The number of hydrogen-bond donors (Lipinski definition) is 0. The maximum atomic E-state index is 14.1. The normalized spacial score (nSPS) is 18.9. The summed E-state index contributed by atoms with van der Waals surface area (Å²) >= 11 is 0. The van der Waals surface area contributed by atoms with Crippen LogP contribution < -0.4 is 0 Å². The smallest absolute Gasteiger partial charge is 0.257 e. The first-order chi connectivity index (χ1) is 9.50. The monoisotopic (exact) mass is 277 g/mol. The topological polar surface area (TPSA) is 37.4 Å². The van der Waals surface area contributed by atoms with Crippen molar-refractivity contribution in [3.05, 3.63) is 35.1 Å². The molecule has 1 aliphatic rings. The Kier molecular flexibility index (Phi) is 4.53. The fourth-order valence-corrected chi connectivity index (χ4v) is 2.78. The molecule has 0 radical (unpaired) electrons. The number of carbonyl (C=O) groups excluding carboxylic acids is 2. The van der Waals surface area contributed by atoms with Gasteiger partial charge < -0.3 is 4.90 Å². The third kappa shape index (κ3) is 3.06. The second kappa shape index (κ2) is 6.16. The predicted octanol–water partition coefficient (Wildman–Crippen LogP) is 3.11. The number of ketones is 1. The number of rotatable bonds is 3. The minimum atomic E-state index is -0.454. The highest BCUT2D eigenvalue weighted by atomic mass is 19.1. The lowest BCUT2D eigenvalue weighted by Crippen LogP contribution is -2.44. The summed E-state index contributed by atoms with van der Waals surface area (Å²) in [5.74, 6) is -0.679. The molecule has 20 heavy (non-hydrogen) atoms. The molecule has 1 unspecified atom stereocenters. The van der Waals surface area contributed by atoms with Crippen LogP contribution in [0.3, 0.4) is 0 Å². The molecule has 3 nitrogen and oxygen atoms in total. The van der Waals surface area contributed by atoms with Crippen molar-refractivity contribution < 1.29 is 14.0 Å². The second-order valence-corrected chi connectivity index (χ2v) is 5.49. The van der Waals surface area contributed by atoms with Gasteiger partial charge in [-0.05, 0) is 44.7 Å². The van der Waals surface area contributed by atoms with Crippen LogP contribution in [0.4, 0.5) is 4.39 Å². The number of carbonyl (C=O) groups is 2. The molecular weight excluding hydrogens is 257 g/mol. The zero-order valence-corrected chi connectivity index (χ0v) is 12.0. The maximum absolute atomic E-state index is 14.1. The van der Waals surface area contributed by atoms with Gasteiger partial charge >= 0.3 is 0 Å². The van der Waals surface area contributed by atoms with Gasteiger partial charge in [-0.1, -0.05) is 12.1 Å². The maximum Gasteiger partial charge on any atom is 0.257 e. The average molecular weight is 277 g/mol. The summed E-state index contributed by atoms with van der Waals surface area (Å²) in [4.78, 5) is 25.5. The van der Waals surface area contributed by atoms with Gasteiger partial charge in [0, 0.05) is 19.0 Å². The van der Waals surface area contributed by atoms with Crippen LogP contribution in [-0.2, 0) is 4.79 Å². The molecular formula is C16H20FNO2. The van der Waals surface area contributed by atoms with Crippen LogP contribution in [0.1, 0.15) is 48.5 Å². The van der Waals surface area contributed by atoms with Crippen LogP contribution in [0, 0.1) is 12.7 Å². The third-order valence-corrected chi connectivity index (χ3v) is 3.83. The van der Waals surface area contributed by atoms with Gasteiger partial charge in [-0.25, -0.2) is 4.39 Å². The first kappa shape index (κ1) is 14.7. The van der Waals surface area contributed by atoms with E-state index in [0.717, 1.165) is 19.3 Å². The molecule has 1 saturated heterocycles. The fraction of sp³-hybridized carbons (Fsp3) is 0.500. The Labute approximate surface area is 118 Å². The van der Waals surface area contributed by atoms with E-state index in [0.29, 0.717) is 18.5 Å². The predicted molar refractivity (Wildman–Crippen MR) is 75.1 cm³/mol. The molecule has 0 N–H and O–H groups in total. The van der Waals surface area contributed by atoms with Crippen LogP contribution in [0.5, 0.6) is 0 Å². The van der Waals surface area contributed by atoms with Crippen molar-refractivity contribution in [2.24, 2.45) is 0 Å². The molecule has 0 saturated carbocycles. The van der Waals surface area contributed by atoms with Gasteiger partial charge in [0.15, 0.2) is 0 Å². The van der Waals surface area contributed by atoms with Crippen molar-refractivity contribution in [1.29, 1.82) is 0 Å². The van der Waals surface area contributed by atoms with E-state index in [9.17, 15) is 14.0 Å². The van der Waals surface area contributed by atoms with Gasteiger partial charge in [0.05, 0.1) is 5.56 Å². The quantitative estimate of drug-likeness (QED) is 0.851. The summed E-state index contributed by atoms with van der Waals surface area (Å²) in [6.45, 7) is 3.78. The molecule has 2 rings (SSSR count). The van der Waals surface area contributed by atoms with Crippen LogP contribution >= 0.6 is 0 Å².